The molecular formula is C11H21N3O3. The van der Waals surface area contributed by atoms with Crippen molar-refractivity contribution < 1.29 is 14.7 Å². The van der Waals surface area contributed by atoms with Crippen LogP contribution in [0.5, 0.6) is 0 Å². The van der Waals surface area contributed by atoms with Crippen molar-refractivity contribution in [2.24, 2.45) is 5.92 Å². The predicted molar refractivity (Wildman–Crippen MR) is 63.4 cm³/mol. The number of hydrogen-bond acceptors (Lipinski definition) is 3. The number of carbonyl (C=O) groups excluding carboxylic acids is 1. The molecule has 0 heterocycles. The predicted octanol–water partition coefficient (Wildman–Crippen LogP) is 0.796. The first-order valence-corrected chi connectivity index (χ1v) is 5.98. The van der Waals surface area contributed by atoms with E-state index in [4.69, 9.17) is 5.11 Å². The van der Waals surface area contributed by atoms with Crippen molar-refractivity contribution in [3.05, 3.63) is 0 Å². The number of rotatable bonds is 3. The molecule has 1 aliphatic rings. The second kappa shape index (κ2) is 6.44. The molecule has 2 amide bonds. The van der Waals surface area contributed by atoms with Crippen molar-refractivity contribution in [3.8, 4) is 0 Å². The Balaban J connectivity index is 2.57. The highest BCUT2D eigenvalue weighted by molar-refractivity contribution is 5.76. The van der Waals surface area contributed by atoms with E-state index >= 15 is 0 Å². The van der Waals surface area contributed by atoms with Crippen LogP contribution in [-0.4, -0.2) is 42.3 Å². The average molecular weight is 243 g/mol. The summed E-state index contributed by atoms with van der Waals surface area (Å²) < 4.78 is 0. The molecule has 0 aromatic heterocycles. The Bertz CT molecular complexity index is 281. The Morgan fingerprint density at radius 2 is 1.82 bits per heavy atom. The maximum atomic E-state index is 11.5. The van der Waals surface area contributed by atoms with Crippen molar-refractivity contribution in [2.45, 2.75) is 38.1 Å². The molecule has 2 atom stereocenters. The summed E-state index contributed by atoms with van der Waals surface area (Å²) in [5, 5.41) is 13.4. The molecule has 1 aliphatic carbocycles. The van der Waals surface area contributed by atoms with Crippen LogP contribution in [0.4, 0.5) is 4.79 Å². The van der Waals surface area contributed by atoms with E-state index in [9.17, 15) is 9.59 Å². The van der Waals surface area contributed by atoms with Gasteiger partial charge in [0.25, 0.3) is 0 Å². The van der Waals surface area contributed by atoms with Crippen molar-refractivity contribution >= 4 is 12.0 Å². The summed E-state index contributed by atoms with van der Waals surface area (Å²) in [6.45, 7) is 0. The lowest BCUT2D eigenvalue weighted by atomic mass is 9.95. The SMILES string of the molecule is CN(C)NC(=O)NC1CCCCCC1C(=O)O. The highest BCUT2D eigenvalue weighted by Gasteiger charge is 2.30. The van der Waals surface area contributed by atoms with Gasteiger partial charge < -0.3 is 10.4 Å². The number of hydrazine groups is 1. The highest BCUT2D eigenvalue weighted by Crippen LogP contribution is 2.23. The number of hydrogen-bond donors (Lipinski definition) is 3. The van der Waals surface area contributed by atoms with Crippen LogP contribution in [0.1, 0.15) is 32.1 Å². The molecule has 6 heteroatoms. The van der Waals surface area contributed by atoms with Gasteiger partial charge in [0.05, 0.1) is 5.92 Å². The van der Waals surface area contributed by atoms with Crippen molar-refractivity contribution in [1.29, 1.82) is 0 Å². The topological polar surface area (TPSA) is 81.7 Å². The van der Waals surface area contributed by atoms with Crippen molar-refractivity contribution in [2.75, 3.05) is 14.1 Å². The number of nitrogens with one attached hydrogen (secondary N) is 2. The lowest BCUT2D eigenvalue weighted by molar-refractivity contribution is -0.142. The molecule has 0 aromatic rings. The highest BCUT2D eigenvalue weighted by atomic mass is 16.4. The van der Waals surface area contributed by atoms with Gasteiger partial charge in [-0.05, 0) is 12.8 Å². The molecule has 1 saturated carbocycles. The Hall–Kier alpha value is -1.30. The molecule has 0 bridgehead atoms. The van der Waals surface area contributed by atoms with E-state index in [0.29, 0.717) is 6.42 Å². The Labute approximate surface area is 101 Å². The van der Waals surface area contributed by atoms with Crippen LogP contribution in [0.2, 0.25) is 0 Å². The van der Waals surface area contributed by atoms with E-state index < -0.39 is 11.9 Å². The summed E-state index contributed by atoms with van der Waals surface area (Å²) in [5.74, 6) is -1.28. The van der Waals surface area contributed by atoms with Gasteiger partial charge in [-0.15, -0.1) is 0 Å². The van der Waals surface area contributed by atoms with E-state index in [0.717, 1.165) is 25.7 Å². The summed E-state index contributed by atoms with van der Waals surface area (Å²) in [6.07, 6.45) is 4.30. The standard InChI is InChI=1S/C11H21N3O3/c1-14(2)13-11(17)12-9-7-5-3-4-6-8(9)10(15)16/h8-9H,3-7H2,1-2H3,(H,15,16)(H2,12,13,17). The van der Waals surface area contributed by atoms with Gasteiger partial charge in [-0.2, -0.15) is 0 Å². The number of urea groups is 1. The van der Waals surface area contributed by atoms with Crippen LogP contribution in [-0.2, 0) is 4.79 Å². The van der Waals surface area contributed by atoms with Gasteiger partial charge in [-0.1, -0.05) is 19.3 Å². The first-order chi connectivity index (χ1) is 8.00. The molecule has 0 aromatic carbocycles. The first-order valence-electron chi connectivity index (χ1n) is 5.98. The van der Waals surface area contributed by atoms with E-state index in [2.05, 4.69) is 10.7 Å². The third-order valence-corrected chi connectivity index (χ3v) is 2.97. The second-order valence-electron chi connectivity index (χ2n) is 4.67. The van der Waals surface area contributed by atoms with Crippen LogP contribution in [0.3, 0.4) is 0 Å². The molecule has 6 nitrogen and oxygen atoms in total. The first kappa shape index (κ1) is 13.8. The molecule has 1 fully saturated rings. The van der Waals surface area contributed by atoms with Crippen LogP contribution in [0.15, 0.2) is 0 Å². The number of carboxylic acids is 1. The summed E-state index contributed by atoms with van der Waals surface area (Å²) in [5.41, 5.74) is 2.56. The van der Waals surface area contributed by atoms with Crippen LogP contribution < -0.4 is 10.7 Å². The molecule has 0 aliphatic heterocycles. The summed E-state index contributed by atoms with van der Waals surface area (Å²) in [4.78, 5) is 22.7. The third-order valence-electron chi connectivity index (χ3n) is 2.97. The minimum atomic E-state index is -0.818. The zero-order valence-electron chi connectivity index (χ0n) is 10.4. The Morgan fingerprint density at radius 1 is 1.18 bits per heavy atom. The third kappa shape index (κ3) is 4.60. The molecule has 3 N–H and O–H groups in total. The zero-order chi connectivity index (χ0) is 12.8. The van der Waals surface area contributed by atoms with Crippen molar-refractivity contribution in [1.82, 2.24) is 15.8 Å². The fourth-order valence-electron chi connectivity index (χ4n) is 2.18. The minimum Gasteiger partial charge on any atom is -0.481 e. The van der Waals surface area contributed by atoms with E-state index in [1.807, 2.05) is 0 Å². The second-order valence-corrected chi connectivity index (χ2v) is 4.67. The van der Waals surface area contributed by atoms with Crippen LogP contribution in [0, 0.1) is 5.92 Å². The molecule has 17 heavy (non-hydrogen) atoms. The monoisotopic (exact) mass is 243 g/mol. The van der Waals surface area contributed by atoms with E-state index in [1.165, 1.54) is 5.01 Å². The maximum absolute atomic E-state index is 11.5. The van der Waals surface area contributed by atoms with Gasteiger partial charge in [0.2, 0.25) is 0 Å². The molecule has 1 rings (SSSR count). The largest absolute Gasteiger partial charge is 0.481 e. The van der Waals surface area contributed by atoms with E-state index in [1.54, 1.807) is 14.1 Å². The number of aliphatic carboxylic acids is 1. The fraction of sp³-hybridized carbons (Fsp3) is 0.818. The average Bonchev–Trinajstić information content (AvgIpc) is 2.41. The fourth-order valence-corrected chi connectivity index (χ4v) is 2.18. The summed E-state index contributed by atoms with van der Waals surface area (Å²) in [7, 11) is 3.42. The Kier molecular flexibility index (Phi) is 5.21. The smallest absolute Gasteiger partial charge is 0.329 e. The van der Waals surface area contributed by atoms with Gasteiger partial charge >= 0.3 is 12.0 Å². The molecule has 0 spiro atoms. The molecule has 0 radical (unpaired) electrons. The molecule has 0 saturated heterocycles. The maximum Gasteiger partial charge on any atom is 0.329 e. The summed E-state index contributed by atoms with van der Waals surface area (Å²) >= 11 is 0. The molecule has 2 unspecified atom stereocenters. The summed E-state index contributed by atoms with van der Waals surface area (Å²) in [6, 6.07) is -0.608. The number of carboxylic acid groups (broad SMARTS) is 1. The molecular weight excluding hydrogens is 222 g/mol. The number of amides is 2. The quantitative estimate of drug-likeness (QED) is 0.506. The van der Waals surface area contributed by atoms with Gasteiger partial charge in [0.1, 0.15) is 0 Å². The van der Waals surface area contributed by atoms with Gasteiger partial charge in [-0.25, -0.2) is 9.80 Å². The normalized spacial score (nSPS) is 25.1. The van der Waals surface area contributed by atoms with E-state index in [-0.39, 0.29) is 12.1 Å². The van der Waals surface area contributed by atoms with Crippen LogP contribution in [0.25, 0.3) is 0 Å². The zero-order valence-corrected chi connectivity index (χ0v) is 10.4. The lowest BCUT2D eigenvalue weighted by Crippen LogP contribution is -2.50. The van der Waals surface area contributed by atoms with Gasteiger partial charge in [-0.3, -0.25) is 10.2 Å². The lowest BCUT2D eigenvalue weighted by Gasteiger charge is -2.24. The number of nitrogens with zero attached hydrogens (tertiary/aromatic N) is 1. The van der Waals surface area contributed by atoms with Gasteiger partial charge in [0.15, 0.2) is 0 Å². The number of carbonyl (C=O) groups is 2. The van der Waals surface area contributed by atoms with Crippen molar-refractivity contribution in [3.63, 3.8) is 0 Å². The minimum absolute atomic E-state index is 0.269. The van der Waals surface area contributed by atoms with Crippen LogP contribution >= 0.6 is 0 Å². The van der Waals surface area contributed by atoms with Gasteiger partial charge in [0, 0.05) is 20.1 Å². The Morgan fingerprint density at radius 3 is 2.41 bits per heavy atom. The molecule has 98 valence electrons.